The van der Waals surface area contributed by atoms with Crippen molar-refractivity contribution in [3.63, 3.8) is 0 Å². The molecule has 1 rings (SSSR count). The number of aliphatic hydroxyl groups excluding tert-OH is 1. The average molecular weight is 167 g/mol. The van der Waals surface area contributed by atoms with E-state index in [9.17, 15) is 5.11 Å². The molecular weight excluding hydrogens is 150 g/mol. The molecule has 0 aliphatic carbocycles. The molecule has 12 heavy (non-hydrogen) atoms. The average Bonchev–Trinajstić information content (AvgIpc) is 2.30. The highest BCUT2D eigenvalue weighted by Gasteiger charge is 2.20. The Morgan fingerprint density at radius 2 is 2.08 bits per heavy atom. The smallest absolute Gasteiger partial charge is 0.0715 e. The summed E-state index contributed by atoms with van der Waals surface area (Å²) in [5.41, 5.74) is 0.0647. The normalized spacial score (nSPS) is 29.7. The summed E-state index contributed by atoms with van der Waals surface area (Å²) in [5, 5.41) is 12.4. The number of aliphatic hydroxyl groups is 1. The molecule has 0 aromatic rings. The Morgan fingerprint density at radius 1 is 1.42 bits per heavy atom. The quantitative estimate of drug-likeness (QED) is 0.522. The number of β-amino-alcohol motifs (C(OH)–C–C–N with tert-alkyl or cyclic N) is 1. The lowest BCUT2D eigenvalue weighted by molar-refractivity contribution is 0.195. The number of hydrogen-bond acceptors (Lipinski definition) is 2. The fourth-order valence-corrected chi connectivity index (χ4v) is 1.13. The van der Waals surface area contributed by atoms with Gasteiger partial charge in [0.25, 0.3) is 0 Å². The van der Waals surface area contributed by atoms with E-state index in [0.29, 0.717) is 6.54 Å². The lowest BCUT2D eigenvalue weighted by Crippen LogP contribution is -2.20. The zero-order chi connectivity index (χ0) is 9.19. The van der Waals surface area contributed by atoms with E-state index >= 15 is 0 Å². The van der Waals surface area contributed by atoms with Gasteiger partial charge in [-0.05, 0) is 20.8 Å². The third kappa shape index (κ3) is 3.25. The van der Waals surface area contributed by atoms with E-state index in [-0.39, 0.29) is 17.6 Å². The van der Waals surface area contributed by atoms with Gasteiger partial charge in [-0.15, -0.1) is 0 Å². The largest absolute Gasteiger partial charge is 0.392 e. The minimum absolute atomic E-state index is 0.0647. The summed E-state index contributed by atoms with van der Waals surface area (Å²) >= 11 is 0. The predicted octanol–water partition coefficient (Wildman–Crippen LogP) is 0.759. The first-order chi connectivity index (χ1) is 5.47. The molecule has 0 radical (unpaired) electrons. The lowest BCUT2D eigenvalue weighted by Gasteiger charge is -2.08. The molecule has 68 valence electrons. The van der Waals surface area contributed by atoms with Gasteiger partial charge in [0.15, 0.2) is 0 Å². The van der Waals surface area contributed by atoms with Gasteiger partial charge < -0.3 is 10.4 Å². The third-order valence-corrected chi connectivity index (χ3v) is 1.73. The van der Waals surface area contributed by atoms with Crippen LogP contribution in [0.15, 0.2) is 0 Å². The van der Waals surface area contributed by atoms with Crippen LogP contribution in [0.1, 0.15) is 27.2 Å². The van der Waals surface area contributed by atoms with Crippen molar-refractivity contribution in [3.05, 3.63) is 0 Å². The van der Waals surface area contributed by atoms with Gasteiger partial charge >= 0.3 is 0 Å². The number of nitrogens with one attached hydrogen (secondary N) is 1. The summed E-state index contributed by atoms with van der Waals surface area (Å²) in [4.78, 5) is 0. The van der Waals surface area contributed by atoms with Gasteiger partial charge in [-0.3, -0.25) is 0 Å². The Hall–Kier alpha value is -0.520. The molecule has 1 aliphatic heterocycles. The maximum Gasteiger partial charge on any atom is 0.0715 e. The van der Waals surface area contributed by atoms with Crippen molar-refractivity contribution < 1.29 is 5.11 Å². The van der Waals surface area contributed by atoms with Gasteiger partial charge in [0.05, 0.1) is 12.1 Å². The highest BCUT2D eigenvalue weighted by atomic mass is 16.3. The zero-order valence-corrected chi connectivity index (χ0v) is 8.02. The molecule has 1 aliphatic rings. The molecule has 0 spiro atoms. The van der Waals surface area contributed by atoms with E-state index < -0.39 is 0 Å². The number of hydrogen-bond donors (Lipinski definition) is 2. The topological polar surface area (TPSA) is 32.3 Å². The number of rotatable bonds is 0. The molecule has 0 aromatic heterocycles. The second-order valence-electron chi connectivity index (χ2n) is 4.37. The third-order valence-electron chi connectivity index (χ3n) is 1.73. The first-order valence-electron chi connectivity index (χ1n) is 4.41. The van der Waals surface area contributed by atoms with Crippen LogP contribution in [-0.4, -0.2) is 23.8 Å². The van der Waals surface area contributed by atoms with Crippen LogP contribution >= 0.6 is 0 Å². The van der Waals surface area contributed by atoms with Crippen molar-refractivity contribution in [2.24, 2.45) is 5.41 Å². The summed E-state index contributed by atoms with van der Waals surface area (Å²) in [7, 11) is 0. The van der Waals surface area contributed by atoms with Gasteiger partial charge in [-0.25, -0.2) is 0 Å². The molecule has 0 saturated carbocycles. The zero-order valence-electron chi connectivity index (χ0n) is 8.02. The summed E-state index contributed by atoms with van der Waals surface area (Å²) < 4.78 is 0. The maximum absolute atomic E-state index is 9.20. The van der Waals surface area contributed by atoms with Crippen molar-refractivity contribution in [1.82, 2.24) is 5.32 Å². The van der Waals surface area contributed by atoms with E-state index in [0.717, 1.165) is 6.42 Å². The van der Waals surface area contributed by atoms with Crippen molar-refractivity contribution >= 4 is 0 Å². The van der Waals surface area contributed by atoms with Crippen LogP contribution < -0.4 is 5.32 Å². The van der Waals surface area contributed by atoms with Gasteiger partial charge in [-0.1, -0.05) is 11.8 Å². The molecule has 2 atom stereocenters. The lowest BCUT2D eigenvalue weighted by atomic mass is 9.97. The molecule has 0 amide bonds. The Labute approximate surface area is 74.4 Å². The molecule has 1 heterocycles. The van der Waals surface area contributed by atoms with E-state index in [1.807, 2.05) is 0 Å². The second-order valence-corrected chi connectivity index (χ2v) is 4.37. The van der Waals surface area contributed by atoms with E-state index in [1.54, 1.807) is 0 Å². The standard InChI is InChI=1S/C10H17NO/c1-10(2,3)5-4-8-6-9(12)7-11-8/h8-9,11-12H,6-7H2,1-3H3/t8-,9-/m1/s1. The van der Waals surface area contributed by atoms with E-state index in [2.05, 4.69) is 37.9 Å². The van der Waals surface area contributed by atoms with Crippen LogP contribution in [-0.2, 0) is 0 Å². The molecule has 1 saturated heterocycles. The van der Waals surface area contributed by atoms with Gasteiger partial charge in [0.2, 0.25) is 0 Å². The predicted molar refractivity (Wildman–Crippen MR) is 49.6 cm³/mol. The molecule has 2 nitrogen and oxygen atoms in total. The van der Waals surface area contributed by atoms with Gasteiger partial charge in [0.1, 0.15) is 0 Å². The Morgan fingerprint density at radius 3 is 2.50 bits per heavy atom. The monoisotopic (exact) mass is 167 g/mol. The fourth-order valence-electron chi connectivity index (χ4n) is 1.13. The van der Waals surface area contributed by atoms with Crippen LogP contribution in [0.5, 0.6) is 0 Å². The molecule has 2 heteroatoms. The SMILES string of the molecule is CC(C)(C)C#C[C@@H]1C[C@@H](O)CN1. The summed E-state index contributed by atoms with van der Waals surface area (Å²) in [6.07, 6.45) is 0.563. The van der Waals surface area contributed by atoms with Crippen molar-refractivity contribution in [2.75, 3.05) is 6.54 Å². The highest BCUT2D eigenvalue weighted by Crippen LogP contribution is 2.11. The second kappa shape index (κ2) is 3.47. The van der Waals surface area contributed by atoms with Crippen LogP contribution in [0, 0.1) is 17.3 Å². The first kappa shape index (κ1) is 9.57. The molecule has 0 bridgehead atoms. The van der Waals surface area contributed by atoms with Crippen LogP contribution in [0.25, 0.3) is 0 Å². The van der Waals surface area contributed by atoms with Gasteiger partial charge in [0, 0.05) is 18.4 Å². The maximum atomic E-state index is 9.20. The molecule has 2 N–H and O–H groups in total. The fraction of sp³-hybridized carbons (Fsp3) is 0.800. The van der Waals surface area contributed by atoms with Crippen LogP contribution in [0.2, 0.25) is 0 Å². The summed E-state index contributed by atoms with van der Waals surface area (Å²) in [5.74, 6) is 6.29. The summed E-state index contributed by atoms with van der Waals surface area (Å²) in [6.45, 7) is 6.95. The minimum atomic E-state index is -0.204. The van der Waals surface area contributed by atoms with E-state index in [4.69, 9.17) is 0 Å². The van der Waals surface area contributed by atoms with Crippen molar-refractivity contribution in [3.8, 4) is 11.8 Å². The van der Waals surface area contributed by atoms with Gasteiger partial charge in [-0.2, -0.15) is 0 Å². The van der Waals surface area contributed by atoms with E-state index in [1.165, 1.54) is 0 Å². The van der Waals surface area contributed by atoms with Crippen molar-refractivity contribution in [2.45, 2.75) is 39.3 Å². The Kier molecular flexibility index (Phi) is 2.76. The van der Waals surface area contributed by atoms with Crippen LogP contribution in [0.3, 0.4) is 0 Å². The van der Waals surface area contributed by atoms with Crippen LogP contribution in [0.4, 0.5) is 0 Å². The molecule has 0 aromatic carbocycles. The molecule has 1 fully saturated rings. The highest BCUT2D eigenvalue weighted by molar-refractivity contribution is 5.14. The first-order valence-corrected chi connectivity index (χ1v) is 4.41. The Bertz CT molecular complexity index is 206. The van der Waals surface area contributed by atoms with Crippen molar-refractivity contribution in [1.29, 1.82) is 0 Å². The Balaban J connectivity index is 2.45. The molecular formula is C10H17NO. The molecule has 0 unspecified atom stereocenters. The minimum Gasteiger partial charge on any atom is -0.392 e. The summed E-state index contributed by atoms with van der Waals surface area (Å²) in [6, 6.07) is 0.194.